The third-order valence-electron chi connectivity index (χ3n) is 2.95. The number of anilines is 1. The summed E-state index contributed by atoms with van der Waals surface area (Å²) in [4.78, 5) is 0. The number of hydrogen-bond donors (Lipinski definition) is 1. The van der Waals surface area contributed by atoms with E-state index in [2.05, 4.69) is 39.1 Å². The molecule has 1 N–H and O–H groups in total. The fraction of sp³-hybridized carbons (Fsp3) is 0.214. The van der Waals surface area contributed by atoms with Gasteiger partial charge in [-0.15, -0.1) is 5.10 Å². The van der Waals surface area contributed by atoms with Gasteiger partial charge in [0.1, 0.15) is 10.7 Å². The van der Waals surface area contributed by atoms with Gasteiger partial charge in [0.2, 0.25) is 0 Å². The molecule has 2 heterocycles. The minimum absolute atomic E-state index is 0.631. The van der Waals surface area contributed by atoms with Gasteiger partial charge in [-0.3, -0.25) is 4.68 Å². The molecule has 1 aromatic carbocycles. The second-order valence-electron chi connectivity index (χ2n) is 4.37. The molecule has 20 heavy (non-hydrogen) atoms. The molecule has 2 aromatic heterocycles. The van der Waals surface area contributed by atoms with Crippen molar-refractivity contribution in [2.24, 2.45) is 0 Å². The Kier molecular flexibility index (Phi) is 3.73. The minimum Gasteiger partial charge on any atom is -0.374 e. The second kappa shape index (κ2) is 5.83. The van der Waals surface area contributed by atoms with E-state index in [1.54, 1.807) is 0 Å². The van der Waals surface area contributed by atoms with Crippen molar-refractivity contribution in [3.63, 3.8) is 0 Å². The second-order valence-corrected chi connectivity index (χ2v) is 5.13. The average Bonchev–Trinajstić information content (AvgIpc) is 3.11. The van der Waals surface area contributed by atoms with Crippen molar-refractivity contribution in [2.45, 2.75) is 13.5 Å². The van der Waals surface area contributed by atoms with Crippen LogP contribution in [0.3, 0.4) is 0 Å². The van der Waals surface area contributed by atoms with E-state index in [9.17, 15) is 0 Å². The number of hydrogen-bond acceptors (Lipinski definition) is 5. The van der Waals surface area contributed by atoms with Crippen LogP contribution in [0.4, 0.5) is 5.00 Å². The van der Waals surface area contributed by atoms with Crippen LogP contribution in [0.2, 0.25) is 0 Å². The maximum Gasteiger partial charge on any atom is 0.135 e. The molecule has 0 amide bonds. The first-order valence-corrected chi connectivity index (χ1v) is 7.27. The summed E-state index contributed by atoms with van der Waals surface area (Å²) >= 11 is 1.38. The lowest BCUT2D eigenvalue weighted by molar-refractivity contribution is 0.671. The highest BCUT2D eigenvalue weighted by Gasteiger charge is 2.09. The van der Waals surface area contributed by atoms with E-state index >= 15 is 0 Å². The van der Waals surface area contributed by atoms with Gasteiger partial charge in [0.05, 0.1) is 12.7 Å². The summed E-state index contributed by atoms with van der Waals surface area (Å²) in [7, 11) is 0. The van der Waals surface area contributed by atoms with Gasteiger partial charge in [0.15, 0.2) is 0 Å². The number of rotatable bonds is 5. The predicted molar refractivity (Wildman–Crippen MR) is 80.8 cm³/mol. The molecule has 0 fully saturated rings. The van der Waals surface area contributed by atoms with Gasteiger partial charge in [0, 0.05) is 29.8 Å². The summed E-state index contributed by atoms with van der Waals surface area (Å²) in [5.41, 5.74) is 3.21. The number of aromatic nitrogens is 4. The van der Waals surface area contributed by atoms with Crippen LogP contribution in [0.1, 0.15) is 12.6 Å². The molecular weight excluding hydrogens is 270 g/mol. The Bertz CT molecular complexity index is 674. The highest BCUT2D eigenvalue weighted by molar-refractivity contribution is 7.10. The number of nitrogens with zero attached hydrogens (tertiary/aromatic N) is 4. The molecule has 0 radical (unpaired) electrons. The zero-order valence-electron chi connectivity index (χ0n) is 11.2. The summed E-state index contributed by atoms with van der Waals surface area (Å²) in [6.45, 7) is 3.56. The highest BCUT2D eigenvalue weighted by atomic mass is 32.1. The van der Waals surface area contributed by atoms with Crippen LogP contribution in [0.25, 0.3) is 11.1 Å². The lowest BCUT2D eigenvalue weighted by atomic mass is 10.1. The van der Waals surface area contributed by atoms with Gasteiger partial charge in [-0.2, -0.15) is 5.10 Å². The van der Waals surface area contributed by atoms with Gasteiger partial charge in [-0.25, -0.2) is 0 Å². The van der Waals surface area contributed by atoms with Crippen LogP contribution < -0.4 is 5.32 Å². The van der Waals surface area contributed by atoms with Crippen molar-refractivity contribution in [1.29, 1.82) is 0 Å². The molecule has 0 saturated heterocycles. The third-order valence-corrected chi connectivity index (χ3v) is 3.67. The molecule has 0 aliphatic heterocycles. The van der Waals surface area contributed by atoms with Crippen LogP contribution in [-0.4, -0.2) is 25.9 Å². The molecule has 0 unspecified atom stereocenters. The molecule has 0 aliphatic rings. The molecule has 6 heteroatoms. The molecular formula is C14H15N5S. The predicted octanol–water partition coefficient (Wildman–Crippen LogP) is 2.88. The van der Waals surface area contributed by atoms with Crippen molar-refractivity contribution in [1.82, 2.24) is 19.4 Å². The summed E-state index contributed by atoms with van der Waals surface area (Å²) in [5.74, 6) is 0. The SMILES string of the molecule is CCNc1snnc1Cn1cc(-c2ccccc2)cn1. The summed E-state index contributed by atoms with van der Waals surface area (Å²) < 4.78 is 5.88. The van der Waals surface area contributed by atoms with Gasteiger partial charge < -0.3 is 5.32 Å². The Hall–Kier alpha value is -2.21. The smallest absolute Gasteiger partial charge is 0.135 e. The molecule has 102 valence electrons. The molecule has 0 saturated carbocycles. The zero-order valence-corrected chi connectivity index (χ0v) is 12.0. The molecule has 5 nitrogen and oxygen atoms in total. The van der Waals surface area contributed by atoms with Crippen LogP contribution in [0, 0.1) is 0 Å². The van der Waals surface area contributed by atoms with Gasteiger partial charge in [0.25, 0.3) is 0 Å². The topological polar surface area (TPSA) is 55.6 Å². The van der Waals surface area contributed by atoms with Gasteiger partial charge in [-0.1, -0.05) is 34.8 Å². The normalized spacial score (nSPS) is 10.7. The quantitative estimate of drug-likeness (QED) is 0.783. The molecule has 0 spiro atoms. The maximum absolute atomic E-state index is 4.39. The lowest BCUT2D eigenvalue weighted by Crippen LogP contribution is -2.04. The van der Waals surface area contributed by atoms with Crippen LogP contribution in [0.5, 0.6) is 0 Å². The number of nitrogens with one attached hydrogen (secondary N) is 1. The summed E-state index contributed by atoms with van der Waals surface area (Å²) in [6, 6.07) is 10.2. The lowest BCUT2D eigenvalue weighted by Gasteiger charge is -2.02. The van der Waals surface area contributed by atoms with E-state index in [1.807, 2.05) is 35.3 Å². The van der Waals surface area contributed by atoms with E-state index in [0.29, 0.717) is 6.54 Å². The van der Waals surface area contributed by atoms with Crippen LogP contribution >= 0.6 is 11.5 Å². The fourth-order valence-electron chi connectivity index (χ4n) is 1.99. The first-order chi connectivity index (χ1) is 9.86. The minimum atomic E-state index is 0.631. The molecule has 0 atom stereocenters. The Labute approximate surface area is 121 Å². The van der Waals surface area contributed by atoms with E-state index in [4.69, 9.17) is 0 Å². The first kappa shape index (κ1) is 12.8. The zero-order chi connectivity index (χ0) is 13.8. The summed E-state index contributed by atoms with van der Waals surface area (Å²) in [5, 5.41) is 12.8. The molecule has 3 aromatic rings. The molecule has 0 aliphatic carbocycles. The van der Waals surface area contributed by atoms with Crippen LogP contribution in [0.15, 0.2) is 42.7 Å². The Morgan fingerprint density at radius 1 is 1.20 bits per heavy atom. The van der Waals surface area contributed by atoms with E-state index < -0.39 is 0 Å². The maximum atomic E-state index is 4.39. The van der Waals surface area contributed by atoms with Crippen LogP contribution in [-0.2, 0) is 6.54 Å². The monoisotopic (exact) mass is 285 g/mol. The van der Waals surface area contributed by atoms with Crippen molar-refractivity contribution in [3.05, 3.63) is 48.4 Å². The van der Waals surface area contributed by atoms with Gasteiger partial charge >= 0.3 is 0 Å². The van der Waals surface area contributed by atoms with E-state index in [1.165, 1.54) is 17.1 Å². The third kappa shape index (κ3) is 2.70. The average molecular weight is 285 g/mol. The van der Waals surface area contributed by atoms with Gasteiger partial charge in [-0.05, 0) is 12.5 Å². The van der Waals surface area contributed by atoms with Crippen molar-refractivity contribution in [2.75, 3.05) is 11.9 Å². The molecule has 0 bridgehead atoms. The highest BCUT2D eigenvalue weighted by Crippen LogP contribution is 2.21. The van der Waals surface area contributed by atoms with Crippen molar-refractivity contribution < 1.29 is 0 Å². The standard InChI is InChI=1S/C14H15N5S/c1-2-15-14-13(17-18-20-14)10-19-9-12(8-16-19)11-6-4-3-5-7-11/h3-9,15H,2,10H2,1H3. The molecule has 3 rings (SSSR count). The Balaban J connectivity index is 1.79. The Morgan fingerprint density at radius 2 is 2.05 bits per heavy atom. The van der Waals surface area contributed by atoms with E-state index in [0.717, 1.165) is 22.8 Å². The van der Waals surface area contributed by atoms with Crippen molar-refractivity contribution >= 4 is 16.5 Å². The fourth-order valence-corrected chi connectivity index (χ4v) is 2.63. The van der Waals surface area contributed by atoms with E-state index in [-0.39, 0.29) is 0 Å². The largest absolute Gasteiger partial charge is 0.374 e. The summed E-state index contributed by atoms with van der Waals surface area (Å²) in [6.07, 6.45) is 3.91. The Morgan fingerprint density at radius 3 is 2.85 bits per heavy atom. The number of benzene rings is 1. The first-order valence-electron chi connectivity index (χ1n) is 6.50. The van der Waals surface area contributed by atoms with Crippen molar-refractivity contribution in [3.8, 4) is 11.1 Å².